The van der Waals surface area contributed by atoms with Crippen LogP contribution in [0, 0.1) is 0 Å². The predicted octanol–water partition coefficient (Wildman–Crippen LogP) is 17.4. The quantitative estimate of drug-likeness (QED) is 0.0195. The number of esters is 1. The molecule has 0 bridgehead atoms. The van der Waals surface area contributed by atoms with Crippen LogP contribution in [0.4, 0.5) is 0 Å². The third-order valence-corrected chi connectivity index (χ3v) is 16.5. The van der Waals surface area contributed by atoms with Crippen molar-refractivity contribution < 1.29 is 49.3 Å². The maximum Gasteiger partial charge on any atom is 0.305 e. The van der Waals surface area contributed by atoms with Gasteiger partial charge >= 0.3 is 5.97 Å². The number of hydrogen-bond donors (Lipinski definition) is 6. The molecule has 0 aliphatic carbocycles. The van der Waals surface area contributed by atoms with Crippen LogP contribution in [-0.2, 0) is 23.8 Å². The molecule has 1 rings (SSSR count). The minimum absolute atomic E-state index is 0.000535. The van der Waals surface area contributed by atoms with E-state index in [0.717, 1.165) is 57.8 Å². The largest absolute Gasteiger partial charge is 0.466 e. The summed E-state index contributed by atoms with van der Waals surface area (Å²) in [4.78, 5) is 25.1. The second-order valence-corrected chi connectivity index (χ2v) is 24.2. The Hall–Kier alpha value is -2.12. The van der Waals surface area contributed by atoms with Gasteiger partial charge in [0.15, 0.2) is 6.29 Å². The third-order valence-electron chi connectivity index (χ3n) is 16.5. The average molecular weight is 1150 g/mol. The molecule has 0 spiro atoms. The molecule has 6 N–H and O–H groups in total. The molecule has 0 radical (unpaired) electrons. The number of carbonyl (C=O) groups is 2. The lowest BCUT2D eigenvalue weighted by Crippen LogP contribution is -2.60. The number of aliphatic hydroxyl groups is 5. The molecular formula is C70H131NO10. The van der Waals surface area contributed by atoms with Crippen molar-refractivity contribution in [2.75, 3.05) is 19.8 Å². The van der Waals surface area contributed by atoms with Crippen molar-refractivity contribution in [2.24, 2.45) is 0 Å². The SMILES string of the molecule is CCCCCC/C=C\CCCCCCCC(=O)OCCCCCCCCCCCCCC/C=C\CCCCCCCCCCCCCCCCCC(=O)NC(COC1OC(CO)C(O)C(O)C1O)C(O)/C=C/CCCCCCCCC. The van der Waals surface area contributed by atoms with Crippen LogP contribution in [-0.4, -0.2) is 100 Å². The molecule has 11 heteroatoms. The maximum absolute atomic E-state index is 13.0. The van der Waals surface area contributed by atoms with Gasteiger partial charge in [-0.3, -0.25) is 9.59 Å². The number of nitrogens with one attached hydrogen (secondary N) is 1. The van der Waals surface area contributed by atoms with E-state index >= 15 is 0 Å². The summed E-state index contributed by atoms with van der Waals surface area (Å²) < 4.78 is 16.7. The first-order chi connectivity index (χ1) is 39.7. The van der Waals surface area contributed by atoms with Gasteiger partial charge in [-0.2, -0.15) is 0 Å². The molecule has 1 heterocycles. The van der Waals surface area contributed by atoms with Gasteiger partial charge < -0.3 is 45.1 Å². The Balaban J connectivity index is 1.92. The predicted molar refractivity (Wildman–Crippen MR) is 338 cm³/mol. The summed E-state index contributed by atoms with van der Waals surface area (Å²) >= 11 is 0. The number of amides is 1. The van der Waals surface area contributed by atoms with Crippen LogP contribution < -0.4 is 5.32 Å². The van der Waals surface area contributed by atoms with E-state index in [2.05, 4.69) is 43.5 Å². The molecule has 7 unspecified atom stereocenters. The van der Waals surface area contributed by atoms with Gasteiger partial charge in [-0.25, -0.2) is 0 Å². The fraction of sp³-hybridized carbons (Fsp3) is 0.886. The van der Waals surface area contributed by atoms with Crippen molar-refractivity contribution >= 4 is 11.9 Å². The highest BCUT2D eigenvalue weighted by Gasteiger charge is 2.44. The molecule has 1 saturated heterocycles. The molecule has 1 aliphatic heterocycles. The van der Waals surface area contributed by atoms with Crippen molar-refractivity contribution in [3.8, 4) is 0 Å². The van der Waals surface area contributed by atoms with Crippen LogP contribution in [0.15, 0.2) is 36.5 Å². The van der Waals surface area contributed by atoms with Gasteiger partial charge in [-0.05, 0) is 83.5 Å². The van der Waals surface area contributed by atoms with Crippen LogP contribution >= 0.6 is 0 Å². The van der Waals surface area contributed by atoms with Gasteiger partial charge in [-0.15, -0.1) is 0 Å². The van der Waals surface area contributed by atoms with Crippen LogP contribution in [0.2, 0.25) is 0 Å². The number of hydrogen-bond acceptors (Lipinski definition) is 10. The first kappa shape index (κ1) is 76.9. The highest BCUT2D eigenvalue weighted by Crippen LogP contribution is 2.23. The van der Waals surface area contributed by atoms with E-state index in [9.17, 15) is 35.1 Å². The van der Waals surface area contributed by atoms with E-state index in [1.54, 1.807) is 6.08 Å². The normalized spacial score (nSPS) is 18.4. The zero-order valence-electron chi connectivity index (χ0n) is 52.8. The van der Waals surface area contributed by atoms with Crippen molar-refractivity contribution in [3.63, 3.8) is 0 Å². The van der Waals surface area contributed by atoms with Crippen molar-refractivity contribution in [2.45, 2.75) is 378 Å². The standard InChI is InChI=1S/C70H131NO10/c1-3-5-7-9-11-13-14-34-38-42-46-50-54-58-66(75)79-59-55-51-47-43-39-36-33-31-29-27-25-23-21-19-17-15-16-18-20-22-24-26-28-30-32-35-37-41-45-49-53-57-65(74)71-62(63(73)56-52-48-44-40-12-10-8-6-4-2)61-80-70-69(78)68(77)67(76)64(60-72)81-70/h13-14,17,19,52,56,62-64,67-70,72-73,76-78H,3-12,15-16,18,20-51,53-55,57-61H2,1-2H3,(H,71,74)/b14-13-,19-17-,56-52+. The fourth-order valence-electron chi connectivity index (χ4n) is 11.0. The summed E-state index contributed by atoms with van der Waals surface area (Å²) in [5.74, 6) is -0.180. The lowest BCUT2D eigenvalue weighted by Gasteiger charge is -2.40. The second-order valence-electron chi connectivity index (χ2n) is 24.2. The number of unbranched alkanes of at least 4 members (excludes halogenated alkanes) is 43. The Bertz CT molecular complexity index is 1440. The number of ether oxygens (including phenoxy) is 3. The maximum atomic E-state index is 13.0. The molecule has 1 amide bonds. The first-order valence-corrected chi connectivity index (χ1v) is 34.8. The van der Waals surface area contributed by atoms with E-state index in [1.165, 1.54) is 250 Å². The second kappa shape index (κ2) is 59.6. The Morgan fingerprint density at radius 1 is 0.444 bits per heavy atom. The number of aliphatic hydroxyl groups excluding tert-OH is 5. The minimum atomic E-state index is -1.57. The fourth-order valence-corrected chi connectivity index (χ4v) is 11.0. The van der Waals surface area contributed by atoms with Crippen LogP contribution in [0.5, 0.6) is 0 Å². The zero-order valence-corrected chi connectivity index (χ0v) is 52.8. The number of carbonyl (C=O) groups excluding carboxylic acids is 2. The van der Waals surface area contributed by atoms with Crippen LogP contribution in [0.25, 0.3) is 0 Å². The third kappa shape index (κ3) is 48.8. The van der Waals surface area contributed by atoms with E-state index in [1.807, 2.05) is 6.08 Å². The topological polar surface area (TPSA) is 175 Å². The molecule has 0 saturated carbocycles. The molecule has 81 heavy (non-hydrogen) atoms. The monoisotopic (exact) mass is 1150 g/mol. The van der Waals surface area contributed by atoms with Gasteiger partial charge in [-0.1, -0.05) is 275 Å². The molecule has 0 aromatic carbocycles. The van der Waals surface area contributed by atoms with E-state index in [0.29, 0.717) is 19.4 Å². The molecule has 11 nitrogen and oxygen atoms in total. The number of rotatable bonds is 61. The zero-order chi connectivity index (χ0) is 58.7. The Kier molecular flexibility index (Phi) is 56.6. The van der Waals surface area contributed by atoms with Crippen molar-refractivity contribution in [1.29, 1.82) is 0 Å². The van der Waals surface area contributed by atoms with Crippen molar-refractivity contribution in [3.05, 3.63) is 36.5 Å². The highest BCUT2D eigenvalue weighted by atomic mass is 16.7. The summed E-state index contributed by atoms with van der Waals surface area (Å²) in [6.07, 6.45) is 65.8. The van der Waals surface area contributed by atoms with E-state index in [4.69, 9.17) is 14.2 Å². The van der Waals surface area contributed by atoms with E-state index < -0.39 is 49.5 Å². The molecule has 0 aromatic heterocycles. The summed E-state index contributed by atoms with van der Waals surface area (Å²) in [6.45, 7) is 4.32. The van der Waals surface area contributed by atoms with Crippen molar-refractivity contribution in [1.82, 2.24) is 5.32 Å². The molecule has 1 aliphatic rings. The minimum Gasteiger partial charge on any atom is -0.466 e. The molecule has 0 aromatic rings. The average Bonchev–Trinajstić information content (AvgIpc) is 3.51. The smallest absolute Gasteiger partial charge is 0.305 e. The molecular weight excluding hydrogens is 1010 g/mol. The van der Waals surface area contributed by atoms with Crippen LogP contribution in [0.1, 0.15) is 335 Å². The molecule has 476 valence electrons. The highest BCUT2D eigenvalue weighted by molar-refractivity contribution is 5.76. The summed E-state index contributed by atoms with van der Waals surface area (Å²) in [7, 11) is 0. The number of allylic oxidation sites excluding steroid dienone is 5. The summed E-state index contributed by atoms with van der Waals surface area (Å²) in [6, 6.07) is -0.807. The van der Waals surface area contributed by atoms with Crippen LogP contribution in [0.3, 0.4) is 0 Å². The van der Waals surface area contributed by atoms with E-state index in [-0.39, 0.29) is 18.5 Å². The van der Waals surface area contributed by atoms with Gasteiger partial charge in [0.2, 0.25) is 5.91 Å². The van der Waals surface area contributed by atoms with Gasteiger partial charge in [0.25, 0.3) is 0 Å². The lowest BCUT2D eigenvalue weighted by atomic mass is 9.99. The van der Waals surface area contributed by atoms with Gasteiger partial charge in [0.1, 0.15) is 24.4 Å². The Labute approximate surface area is 498 Å². The lowest BCUT2D eigenvalue weighted by molar-refractivity contribution is -0.302. The first-order valence-electron chi connectivity index (χ1n) is 34.8. The van der Waals surface area contributed by atoms with Gasteiger partial charge in [0, 0.05) is 12.8 Å². The summed E-state index contributed by atoms with van der Waals surface area (Å²) in [5.41, 5.74) is 0. The molecule has 7 atom stereocenters. The van der Waals surface area contributed by atoms with Gasteiger partial charge in [0.05, 0.1) is 32.0 Å². The Morgan fingerprint density at radius 2 is 0.790 bits per heavy atom. The molecule has 1 fully saturated rings. The Morgan fingerprint density at radius 3 is 1.20 bits per heavy atom. The summed E-state index contributed by atoms with van der Waals surface area (Å²) in [5, 5.41) is 54.3.